The molecular weight excluding hydrogens is 454 g/mol. The van der Waals surface area contributed by atoms with Crippen molar-refractivity contribution in [3.63, 3.8) is 0 Å². The lowest BCUT2D eigenvalue weighted by atomic mass is 10.1. The first-order valence-electron chi connectivity index (χ1n) is 11.2. The van der Waals surface area contributed by atoms with Crippen LogP contribution in [0.2, 0.25) is 0 Å². The van der Waals surface area contributed by atoms with Gasteiger partial charge in [-0.15, -0.1) is 0 Å². The van der Waals surface area contributed by atoms with Crippen LogP contribution in [0.4, 0.5) is 5.69 Å². The first-order chi connectivity index (χ1) is 16.0. The van der Waals surface area contributed by atoms with Gasteiger partial charge in [0.15, 0.2) is 0 Å². The quantitative estimate of drug-likeness (QED) is 0.523. The number of ether oxygens (including phenoxy) is 1. The summed E-state index contributed by atoms with van der Waals surface area (Å²) in [5.74, 6) is -0.161. The fourth-order valence-electron chi connectivity index (χ4n) is 3.34. The Balaban J connectivity index is 2.39. The average Bonchev–Trinajstić information content (AvgIpc) is 2.80. The van der Waals surface area contributed by atoms with Crippen molar-refractivity contribution in [3.05, 3.63) is 59.7 Å². The summed E-state index contributed by atoms with van der Waals surface area (Å²) in [7, 11) is -2.20. The molecule has 2 amide bonds. The second kappa shape index (κ2) is 11.9. The second-order valence-electron chi connectivity index (χ2n) is 8.47. The van der Waals surface area contributed by atoms with Crippen LogP contribution in [0.25, 0.3) is 0 Å². The molecule has 0 aliphatic rings. The van der Waals surface area contributed by atoms with E-state index in [-0.39, 0.29) is 18.5 Å². The Kier molecular flexibility index (Phi) is 9.49. The van der Waals surface area contributed by atoms with Crippen LogP contribution in [0.1, 0.15) is 38.3 Å². The average molecular weight is 490 g/mol. The SMILES string of the molecule is CC[C@@H](C)NC(=O)[C@@H](C)N(Cc1cccc(OC)c1)C(=O)CN(c1ccc(C)cc1)S(C)(=O)=O. The number of nitrogens with zero attached hydrogens (tertiary/aromatic N) is 2. The van der Waals surface area contributed by atoms with Crippen molar-refractivity contribution in [3.8, 4) is 5.75 Å². The summed E-state index contributed by atoms with van der Waals surface area (Å²) in [5, 5.41) is 2.91. The standard InChI is InChI=1S/C25H35N3O5S/c1-7-19(3)26-25(30)20(4)27(16-21-9-8-10-23(15-21)33-5)24(29)17-28(34(6,31)32)22-13-11-18(2)12-14-22/h8-15,19-20H,7,16-17H2,1-6H3,(H,26,30)/t19-,20-/m1/s1. The molecule has 0 aliphatic heterocycles. The molecular formula is C25H35N3O5S. The predicted octanol–water partition coefficient (Wildman–Crippen LogP) is 3.10. The molecule has 0 heterocycles. The number of methoxy groups -OCH3 is 1. The van der Waals surface area contributed by atoms with Crippen LogP contribution in [-0.2, 0) is 26.2 Å². The van der Waals surface area contributed by atoms with Crippen LogP contribution < -0.4 is 14.4 Å². The van der Waals surface area contributed by atoms with Crippen molar-refractivity contribution in [1.82, 2.24) is 10.2 Å². The monoisotopic (exact) mass is 489 g/mol. The second-order valence-corrected chi connectivity index (χ2v) is 10.4. The van der Waals surface area contributed by atoms with Crippen molar-refractivity contribution in [2.75, 3.05) is 24.2 Å². The molecule has 1 N–H and O–H groups in total. The van der Waals surface area contributed by atoms with Crippen LogP contribution in [-0.4, -0.2) is 57.1 Å². The number of carbonyl (C=O) groups excluding carboxylic acids is 2. The zero-order valence-corrected chi connectivity index (χ0v) is 21.6. The molecule has 0 aromatic heterocycles. The lowest BCUT2D eigenvalue weighted by Gasteiger charge is -2.32. The maximum absolute atomic E-state index is 13.5. The van der Waals surface area contributed by atoms with E-state index in [2.05, 4.69) is 5.32 Å². The molecule has 2 aromatic rings. The molecule has 0 saturated carbocycles. The smallest absolute Gasteiger partial charge is 0.244 e. The van der Waals surface area contributed by atoms with Crippen LogP contribution in [0.5, 0.6) is 5.75 Å². The third-order valence-electron chi connectivity index (χ3n) is 5.66. The first-order valence-corrected chi connectivity index (χ1v) is 13.1. The van der Waals surface area contributed by atoms with E-state index in [0.29, 0.717) is 11.4 Å². The Labute approximate surface area is 202 Å². The van der Waals surface area contributed by atoms with Gasteiger partial charge in [-0.2, -0.15) is 0 Å². The Morgan fingerprint density at radius 1 is 1.09 bits per heavy atom. The lowest BCUT2D eigenvalue weighted by molar-refractivity contribution is -0.139. The van der Waals surface area contributed by atoms with Crippen LogP contribution in [0.3, 0.4) is 0 Å². The summed E-state index contributed by atoms with van der Waals surface area (Å²) in [4.78, 5) is 27.8. The maximum Gasteiger partial charge on any atom is 0.244 e. The summed E-state index contributed by atoms with van der Waals surface area (Å²) in [5.41, 5.74) is 2.12. The summed E-state index contributed by atoms with van der Waals surface area (Å²) in [6.45, 7) is 7.09. The van der Waals surface area contributed by atoms with E-state index in [1.54, 1.807) is 56.5 Å². The number of carbonyl (C=O) groups is 2. The highest BCUT2D eigenvalue weighted by molar-refractivity contribution is 7.92. The van der Waals surface area contributed by atoms with E-state index < -0.39 is 28.5 Å². The molecule has 0 aliphatic carbocycles. The molecule has 0 saturated heterocycles. The molecule has 34 heavy (non-hydrogen) atoms. The summed E-state index contributed by atoms with van der Waals surface area (Å²) < 4.78 is 31.5. The fourth-order valence-corrected chi connectivity index (χ4v) is 4.19. The maximum atomic E-state index is 13.5. The zero-order chi connectivity index (χ0) is 25.5. The van der Waals surface area contributed by atoms with Gasteiger partial charge in [0.2, 0.25) is 21.8 Å². The van der Waals surface area contributed by atoms with Gasteiger partial charge in [0.05, 0.1) is 19.1 Å². The topological polar surface area (TPSA) is 96.0 Å². The van der Waals surface area contributed by atoms with Crippen LogP contribution >= 0.6 is 0 Å². The Morgan fingerprint density at radius 2 is 1.74 bits per heavy atom. The lowest BCUT2D eigenvalue weighted by Crippen LogP contribution is -2.52. The van der Waals surface area contributed by atoms with E-state index in [4.69, 9.17) is 4.74 Å². The number of rotatable bonds is 11. The third-order valence-corrected chi connectivity index (χ3v) is 6.80. The molecule has 9 heteroatoms. The number of benzene rings is 2. The van der Waals surface area contributed by atoms with Gasteiger partial charge in [0.1, 0.15) is 18.3 Å². The summed E-state index contributed by atoms with van der Waals surface area (Å²) in [6.07, 6.45) is 1.81. The normalized spacial score (nSPS) is 13.0. The van der Waals surface area contributed by atoms with Crippen molar-refractivity contribution in [2.24, 2.45) is 0 Å². The number of anilines is 1. The van der Waals surface area contributed by atoms with E-state index in [9.17, 15) is 18.0 Å². The van der Waals surface area contributed by atoms with Gasteiger partial charge in [-0.3, -0.25) is 13.9 Å². The highest BCUT2D eigenvalue weighted by Gasteiger charge is 2.30. The van der Waals surface area contributed by atoms with E-state index in [1.807, 2.05) is 26.8 Å². The van der Waals surface area contributed by atoms with Gasteiger partial charge >= 0.3 is 0 Å². The van der Waals surface area contributed by atoms with Crippen molar-refractivity contribution < 1.29 is 22.7 Å². The largest absolute Gasteiger partial charge is 0.497 e. The molecule has 2 atom stereocenters. The van der Waals surface area contributed by atoms with Crippen molar-refractivity contribution in [2.45, 2.75) is 52.7 Å². The van der Waals surface area contributed by atoms with Crippen LogP contribution in [0, 0.1) is 6.92 Å². The minimum atomic E-state index is -3.75. The van der Waals surface area contributed by atoms with E-state index >= 15 is 0 Å². The third kappa shape index (κ3) is 7.48. The van der Waals surface area contributed by atoms with Crippen molar-refractivity contribution >= 4 is 27.5 Å². The van der Waals surface area contributed by atoms with E-state index in [1.165, 1.54) is 4.90 Å². The number of nitrogens with one attached hydrogen (secondary N) is 1. The first kappa shape index (κ1) is 27.2. The molecule has 8 nitrogen and oxygen atoms in total. The summed E-state index contributed by atoms with van der Waals surface area (Å²) >= 11 is 0. The minimum Gasteiger partial charge on any atom is -0.497 e. The van der Waals surface area contributed by atoms with Crippen LogP contribution in [0.15, 0.2) is 48.5 Å². The Morgan fingerprint density at radius 3 is 2.29 bits per heavy atom. The number of hydrogen-bond acceptors (Lipinski definition) is 5. The van der Waals surface area contributed by atoms with Gasteiger partial charge < -0.3 is 15.0 Å². The zero-order valence-electron chi connectivity index (χ0n) is 20.7. The van der Waals surface area contributed by atoms with Gasteiger partial charge in [0, 0.05) is 12.6 Å². The molecule has 0 unspecified atom stereocenters. The van der Waals surface area contributed by atoms with E-state index in [0.717, 1.165) is 28.1 Å². The summed E-state index contributed by atoms with van der Waals surface area (Å²) in [6, 6.07) is 13.2. The molecule has 0 bridgehead atoms. The van der Waals surface area contributed by atoms with Crippen molar-refractivity contribution in [1.29, 1.82) is 0 Å². The number of sulfonamides is 1. The molecule has 0 spiro atoms. The van der Waals surface area contributed by atoms with Gasteiger partial charge in [-0.05, 0) is 57.0 Å². The van der Waals surface area contributed by atoms with Gasteiger partial charge in [-0.25, -0.2) is 8.42 Å². The molecule has 2 aromatic carbocycles. The highest BCUT2D eigenvalue weighted by atomic mass is 32.2. The minimum absolute atomic E-state index is 0.0520. The number of aryl methyl sites for hydroxylation is 1. The number of hydrogen-bond donors (Lipinski definition) is 1. The Hall–Kier alpha value is -3.07. The Bertz CT molecular complexity index is 1090. The molecule has 186 valence electrons. The molecule has 0 radical (unpaired) electrons. The predicted molar refractivity (Wildman–Crippen MR) is 134 cm³/mol. The highest BCUT2D eigenvalue weighted by Crippen LogP contribution is 2.20. The van der Waals surface area contributed by atoms with Gasteiger partial charge in [-0.1, -0.05) is 36.8 Å². The number of amides is 2. The fraction of sp³-hybridized carbons (Fsp3) is 0.440. The molecule has 0 fully saturated rings. The molecule has 2 rings (SSSR count). The van der Waals surface area contributed by atoms with Gasteiger partial charge in [0.25, 0.3) is 0 Å².